The highest BCUT2D eigenvalue weighted by molar-refractivity contribution is 5.38. The van der Waals surface area contributed by atoms with Crippen molar-refractivity contribution in [1.29, 1.82) is 0 Å². The largest absolute Gasteiger partial charge is 0.496 e. The van der Waals surface area contributed by atoms with Gasteiger partial charge >= 0.3 is 0 Å². The maximum atomic E-state index is 13.4. The Bertz CT molecular complexity index is 424. The SMILES string of the molecule is COc1ccc(F)cc1C1(O)CCCN(C)CC1. The lowest BCUT2D eigenvalue weighted by Crippen LogP contribution is -2.28. The minimum Gasteiger partial charge on any atom is -0.496 e. The Morgan fingerprint density at radius 1 is 1.33 bits per heavy atom. The Balaban J connectivity index is 2.36. The zero-order valence-electron chi connectivity index (χ0n) is 10.9. The normalized spacial score (nSPS) is 25.8. The summed E-state index contributed by atoms with van der Waals surface area (Å²) in [4.78, 5) is 2.18. The van der Waals surface area contributed by atoms with Gasteiger partial charge in [0.15, 0.2) is 0 Å². The minimum absolute atomic E-state index is 0.336. The maximum Gasteiger partial charge on any atom is 0.125 e. The third kappa shape index (κ3) is 2.65. The number of methoxy groups -OCH3 is 1. The van der Waals surface area contributed by atoms with Gasteiger partial charge in [-0.15, -0.1) is 0 Å². The van der Waals surface area contributed by atoms with Crippen LogP contribution < -0.4 is 4.74 Å². The van der Waals surface area contributed by atoms with Crippen LogP contribution in [0.4, 0.5) is 4.39 Å². The van der Waals surface area contributed by atoms with E-state index in [2.05, 4.69) is 4.90 Å². The van der Waals surface area contributed by atoms with Gasteiger partial charge in [0.05, 0.1) is 12.7 Å². The Morgan fingerprint density at radius 3 is 2.83 bits per heavy atom. The first-order valence-corrected chi connectivity index (χ1v) is 6.30. The van der Waals surface area contributed by atoms with Gasteiger partial charge < -0.3 is 14.7 Å². The van der Waals surface area contributed by atoms with E-state index in [0.29, 0.717) is 24.2 Å². The molecule has 0 aromatic heterocycles. The van der Waals surface area contributed by atoms with Gasteiger partial charge in [-0.3, -0.25) is 0 Å². The molecule has 0 spiro atoms. The molecule has 0 aliphatic carbocycles. The van der Waals surface area contributed by atoms with Crippen molar-refractivity contribution in [1.82, 2.24) is 4.90 Å². The second-order valence-corrected chi connectivity index (χ2v) is 5.03. The molecule has 1 aliphatic heterocycles. The molecule has 4 heteroatoms. The maximum absolute atomic E-state index is 13.4. The number of rotatable bonds is 2. The first kappa shape index (κ1) is 13.3. The van der Waals surface area contributed by atoms with Crippen LogP contribution in [0.5, 0.6) is 5.75 Å². The molecule has 18 heavy (non-hydrogen) atoms. The summed E-state index contributed by atoms with van der Waals surface area (Å²) in [6.07, 6.45) is 2.13. The number of nitrogens with zero attached hydrogens (tertiary/aromatic N) is 1. The van der Waals surface area contributed by atoms with E-state index < -0.39 is 5.60 Å². The number of aliphatic hydroxyl groups is 1. The lowest BCUT2D eigenvalue weighted by atomic mass is 9.86. The van der Waals surface area contributed by atoms with E-state index >= 15 is 0 Å². The molecule has 1 N–H and O–H groups in total. The molecule has 0 radical (unpaired) electrons. The lowest BCUT2D eigenvalue weighted by Gasteiger charge is -2.28. The highest BCUT2D eigenvalue weighted by Gasteiger charge is 2.34. The molecule has 1 atom stereocenters. The Labute approximate surface area is 107 Å². The molecular formula is C14H20FNO2. The average molecular weight is 253 g/mol. The summed E-state index contributed by atoms with van der Waals surface area (Å²) in [5.41, 5.74) is -0.418. The van der Waals surface area contributed by atoms with Gasteiger partial charge in [-0.25, -0.2) is 4.39 Å². The van der Waals surface area contributed by atoms with Crippen LogP contribution in [0.25, 0.3) is 0 Å². The van der Waals surface area contributed by atoms with E-state index in [9.17, 15) is 9.50 Å². The van der Waals surface area contributed by atoms with Crippen LogP contribution in [0, 0.1) is 5.82 Å². The number of likely N-dealkylation sites (tertiary alicyclic amines) is 1. The topological polar surface area (TPSA) is 32.7 Å². The second kappa shape index (κ2) is 5.24. The molecule has 1 aliphatic rings. The van der Waals surface area contributed by atoms with Crippen molar-refractivity contribution in [2.24, 2.45) is 0 Å². The summed E-state index contributed by atoms with van der Waals surface area (Å²) in [5.74, 6) is 0.222. The third-order valence-electron chi connectivity index (χ3n) is 3.70. The highest BCUT2D eigenvalue weighted by Crippen LogP contribution is 2.38. The molecule has 0 amide bonds. The van der Waals surface area contributed by atoms with Crippen LogP contribution >= 0.6 is 0 Å². The van der Waals surface area contributed by atoms with Crippen LogP contribution in [0.1, 0.15) is 24.8 Å². The number of ether oxygens (including phenoxy) is 1. The monoisotopic (exact) mass is 253 g/mol. The minimum atomic E-state index is -0.988. The zero-order chi connectivity index (χ0) is 13.2. The molecule has 0 bridgehead atoms. The van der Waals surface area contributed by atoms with E-state index in [1.54, 1.807) is 13.2 Å². The first-order chi connectivity index (χ1) is 8.55. The van der Waals surface area contributed by atoms with E-state index in [1.165, 1.54) is 12.1 Å². The predicted molar refractivity (Wildman–Crippen MR) is 68.2 cm³/mol. The Morgan fingerprint density at radius 2 is 2.11 bits per heavy atom. The molecular weight excluding hydrogens is 233 g/mol. The summed E-state index contributed by atoms with van der Waals surface area (Å²) >= 11 is 0. The van der Waals surface area contributed by atoms with Crippen molar-refractivity contribution in [3.05, 3.63) is 29.6 Å². The molecule has 1 saturated heterocycles. The fourth-order valence-electron chi connectivity index (χ4n) is 2.57. The number of hydrogen-bond donors (Lipinski definition) is 1. The van der Waals surface area contributed by atoms with E-state index in [0.717, 1.165) is 19.5 Å². The van der Waals surface area contributed by atoms with Crippen molar-refractivity contribution < 1.29 is 14.2 Å². The van der Waals surface area contributed by atoms with Crippen molar-refractivity contribution in [3.63, 3.8) is 0 Å². The van der Waals surface area contributed by atoms with Gasteiger partial charge in [0, 0.05) is 12.1 Å². The van der Waals surface area contributed by atoms with Gasteiger partial charge in [-0.1, -0.05) is 0 Å². The van der Waals surface area contributed by atoms with Gasteiger partial charge in [0.2, 0.25) is 0 Å². The Hall–Kier alpha value is -1.13. The molecule has 1 aromatic carbocycles. The smallest absolute Gasteiger partial charge is 0.125 e. The summed E-state index contributed by atoms with van der Waals surface area (Å²) in [6.45, 7) is 1.76. The number of hydrogen-bond acceptors (Lipinski definition) is 3. The van der Waals surface area contributed by atoms with Crippen molar-refractivity contribution >= 4 is 0 Å². The fourth-order valence-corrected chi connectivity index (χ4v) is 2.57. The van der Waals surface area contributed by atoms with Gasteiger partial charge in [0.25, 0.3) is 0 Å². The molecule has 1 unspecified atom stereocenters. The quantitative estimate of drug-likeness (QED) is 0.876. The van der Waals surface area contributed by atoms with Crippen LogP contribution in [0.2, 0.25) is 0 Å². The molecule has 1 heterocycles. The van der Waals surface area contributed by atoms with E-state index in [-0.39, 0.29) is 5.82 Å². The lowest BCUT2D eigenvalue weighted by molar-refractivity contribution is 0.0193. The fraction of sp³-hybridized carbons (Fsp3) is 0.571. The van der Waals surface area contributed by atoms with Crippen LogP contribution in [-0.4, -0.2) is 37.3 Å². The van der Waals surface area contributed by atoms with Crippen molar-refractivity contribution in [2.75, 3.05) is 27.2 Å². The molecule has 0 saturated carbocycles. The van der Waals surface area contributed by atoms with Crippen molar-refractivity contribution in [2.45, 2.75) is 24.9 Å². The summed E-state index contributed by atoms with van der Waals surface area (Å²) in [5, 5.41) is 10.8. The molecule has 2 rings (SSSR count). The van der Waals surface area contributed by atoms with Gasteiger partial charge in [-0.2, -0.15) is 0 Å². The molecule has 100 valence electrons. The number of benzene rings is 1. The van der Waals surface area contributed by atoms with Gasteiger partial charge in [0.1, 0.15) is 11.6 Å². The summed E-state index contributed by atoms with van der Waals surface area (Å²) in [7, 11) is 3.58. The highest BCUT2D eigenvalue weighted by atomic mass is 19.1. The van der Waals surface area contributed by atoms with E-state index in [1.807, 2.05) is 7.05 Å². The van der Waals surface area contributed by atoms with Crippen molar-refractivity contribution in [3.8, 4) is 5.75 Å². The Kier molecular flexibility index (Phi) is 3.88. The van der Waals surface area contributed by atoms with E-state index in [4.69, 9.17) is 4.74 Å². The van der Waals surface area contributed by atoms with Crippen LogP contribution in [0.3, 0.4) is 0 Å². The average Bonchev–Trinajstić information content (AvgIpc) is 2.52. The standard InChI is InChI=1S/C14H20FNO2/c1-16-8-3-6-14(17,7-9-16)12-10-11(15)4-5-13(12)18-2/h4-5,10,17H,3,6-9H2,1-2H3. The molecule has 1 aromatic rings. The second-order valence-electron chi connectivity index (χ2n) is 5.03. The number of halogens is 1. The van der Waals surface area contributed by atoms with Gasteiger partial charge in [-0.05, 0) is 51.1 Å². The predicted octanol–water partition coefficient (Wildman–Crippen LogP) is 2.14. The summed E-state index contributed by atoms with van der Waals surface area (Å²) in [6, 6.07) is 4.33. The van der Waals surface area contributed by atoms with Crippen LogP contribution in [-0.2, 0) is 5.60 Å². The molecule has 3 nitrogen and oxygen atoms in total. The van der Waals surface area contributed by atoms with Crippen LogP contribution in [0.15, 0.2) is 18.2 Å². The molecule has 1 fully saturated rings. The third-order valence-corrected chi connectivity index (χ3v) is 3.70. The zero-order valence-corrected chi connectivity index (χ0v) is 10.9. The first-order valence-electron chi connectivity index (χ1n) is 6.30. The summed E-state index contributed by atoms with van der Waals surface area (Å²) < 4.78 is 18.7.